The summed E-state index contributed by atoms with van der Waals surface area (Å²) in [4.78, 5) is 22.9. The molecule has 0 bridgehead atoms. The lowest BCUT2D eigenvalue weighted by atomic mass is 9.79. The van der Waals surface area contributed by atoms with Crippen molar-refractivity contribution in [2.75, 3.05) is 13.7 Å². The van der Waals surface area contributed by atoms with Gasteiger partial charge in [0, 0.05) is 6.07 Å². The van der Waals surface area contributed by atoms with Crippen molar-refractivity contribution in [1.29, 1.82) is 0 Å². The number of carbonyl (C=O) groups is 1. The van der Waals surface area contributed by atoms with Gasteiger partial charge in [-0.15, -0.1) is 0 Å². The van der Waals surface area contributed by atoms with Crippen LogP contribution in [0.1, 0.15) is 34.3 Å². The van der Waals surface area contributed by atoms with Gasteiger partial charge in [0.2, 0.25) is 0 Å². The third-order valence-electron chi connectivity index (χ3n) is 4.74. The molecular weight excluding hydrogens is 336 g/mol. The van der Waals surface area contributed by atoms with Crippen molar-refractivity contribution < 1.29 is 19.6 Å². The second-order valence-corrected chi connectivity index (χ2v) is 6.37. The largest absolute Gasteiger partial charge is 0.497 e. The number of benzene rings is 2. The average Bonchev–Trinajstić information content (AvgIpc) is 2.66. The summed E-state index contributed by atoms with van der Waals surface area (Å²) in [6.07, 6.45) is 2.11. The van der Waals surface area contributed by atoms with E-state index in [0.717, 1.165) is 29.7 Å². The molecule has 2 N–H and O–H groups in total. The maximum atomic E-state index is 12.4. The van der Waals surface area contributed by atoms with Crippen molar-refractivity contribution in [3.63, 3.8) is 0 Å². The van der Waals surface area contributed by atoms with Gasteiger partial charge in [0.25, 0.3) is 11.6 Å². The highest BCUT2D eigenvalue weighted by atomic mass is 16.6. The van der Waals surface area contributed by atoms with Gasteiger partial charge in [0.05, 0.1) is 18.6 Å². The van der Waals surface area contributed by atoms with Crippen LogP contribution in [-0.4, -0.2) is 29.6 Å². The fraction of sp³-hybridized carbons (Fsp3) is 0.316. The van der Waals surface area contributed by atoms with E-state index in [1.807, 2.05) is 12.1 Å². The zero-order valence-electron chi connectivity index (χ0n) is 14.4. The molecule has 7 heteroatoms. The van der Waals surface area contributed by atoms with Crippen LogP contribution in [0.25, 0.3) is 0 Å². The third kappa shape index (κ3) is 3.39. The quantitative estimate of drug-likeness (QED) is 0.633. The van der Waals surface area contributed by atoms with Gasteiger partial charge in [-0.2, -0.15) is 0 Å². The lowest BCUT2D eigenvalue weighted by molar-refractivity contribution is -0.385. The molecule has 26 heavy (non-hydrogen) atoms. The van der Waals surface area contributed by atoms with Crippen molar-refractivity contribution in [2.45, 2.75) is 24.9 Å². The number of ether oxygens (including phenoxy) is 1. The SMILES string of the molecule is COc1ccc2c(c1)CCCC2(O)CNC(=O)c1ccccc1[N+](=O)[O-]. The Hall–Kier alpha value is -2.93. The van der Waals surface area contributed by atoms with Crippen LogP contribution in [-0.2, 0) is 12.0 Å². The minimum Gasteiger partial charge on any atom is -0.497 e. The molecule has 2 aromatic carbocycles. The molecule has 0 fully saturated rings. The second kappa shape index (κ2) is 7.13. The molecule has 1 aliphatic carbocycles. The summed E-state index contributed by atoms with van der Waals surface area (Å²) in [5, 5.41) is 24.8. The Kier molecular flexibility index (Phi) is 4.90. The van der Waals surface area contributed by atoms with Gasteiger partial charge in [0.15, 0.2) is 0 Å². The van der Waals surface area contributed by atoms with Gasteiger partial charge >= 0.3 is 0 Å². The van der Waals surface area contributed by atoms with Crippen LogP contribution in [0, 0.1) is 10.1 Å². The van der Waals surface area contributed by atoms with E-state index < -0.39 is 16.4 Å². The van der Waals surface area contributed by atoms with Crippen molar-refractivity contribution >= 4 is 11.6 Å². The van der Waals surface area contributed by atoms with Gasteiger partial charge in [-0.1, -0.05) is 18.2 Å². The second-order valence-electron chi connectivity index (χ2n) is 6.37. The number of methoxy groups -OCH3 is 1. The molecule has 1 atom stereocenters. The van der Waals surface area contributed by atoms with Gasteiger partial charge in [-0.3, -0.25) is 14.9 Å². The van der Waals surface area contributed by atoms with Gasteiger partial charge in [-0.05, 0) is 48.6 Å². The Labute approximate surface area is 150 Å². The number of nitrogens with one attached hydrogen (secondary N) is 1. The smallest absolute Gasteiger partial charge is 0.282 e. The van der Waals surface area contributed by atoms with Gasteiger partial charge in [0.1, 0.15) is 16.9 Å². The van der Waals surface area contributed by atoms with Crippen molar-refractivity contribution in [2.24, 2.45) is 0 Å². The van der Waals surface area contributed by atoms with E-state index in [1.54, 1.807) is 19.2 Å². The first kappa shape index (κ1) is 17.9. The number of amides is 1. The van der Waals surface area contributed by atoms with Crippen LogP contribution < -0.4 is 10.1 Å². The predicted octanol–water partition coefficient (Wildman–Crippen LogP) is 2.56. The fourth-order valence-electron chi connectivity index (χ4n) is 3.39. The minimum absolute atomic E-state index is 0.0167. The van der Waals surface area contributed by atoms with E-state index in [0.29, 0.717) is 6.42 Å². The topological polar surface area (TPSA) is 102 Å². The standard InChI is InChI=1S/C19H20N2O5/c1-26-14-8-9-16-13(11-14)5-4-10-19(16,23)12-20-18(22)15-6-2-3-7-17(15)21(24)25/h2-3,6-9,11,23H,4-5,10,12H2,1H3,(H,20,22). The summed E-state index contributed by atoms with van der Waals surface area (Å²) in [5.41, 5.74) is 0.252. The Balaban J connectivity index is 1.80. The number of fused-ring (bicyclic) bond motifs is 1. The third-order valence-corrected chi connectivity index (χ3v) is 4.74. The Morgan fingerprint density at radius 3 is 2.85 bits per heavy atom. The first-order valence-electron chi connectivity index (χ1n) is 8.36. The number of nitro benzene ring substituents is 1. The molecule has 0 aliphatic heterocycles. The number of carbonyl (C=O) groups excluding carboxylic acids is 1. The van der Waals surface area contributed by atoms with Crippen molar-refractivity contribution in [3.05, 3.63) is 69.3 Å². The maximum absolute atomic E-state index is 12.4. The highest BCUT2D eigenvalue weighted by molar-refractivity contribution is 5.98. The van der Waals surface area contributed by atoms with Crippen LogP contribution in [0.2, 0.25) is 0 Å². The number of aliphatic hydroxyl groups is 1. The number of hydrogen-bond acceptors (Lipinski definition) is 5. The summed E-state index contributed by atoms with van der Waals surface area (Å²) >= 11 is 0. The summed E-state index contributed by atoms with van der Waals surface area (Å²) in [6, 6.07) is 11.2. The molecule has 1 aliphatic rings. The lowest BCUT2D eigenvalue weighted by Gasteiger charge is -2.34. The van der Waals surface area contributed by atoms with Crippen LogP contribution in [0.4, 0.5) is 5.69 Å². The average molecular weight is 356 g/mol. The van der Waals surface area contributed by atoms with Crippen molar-refractivity contribution in [1.82, 2.24) is 5.32 Å². The van der Waals surface area contributed by atoms with E-state index in [9.17, 15) is 20.0 Å². The van der Waals surface area contributed by atoms with E-state index in [1.165, 1.54) is 18.2 Å². The molecule has 0 saturated heterocycles. The summed E-state index contributed by atoms with van der Waals surface area (Å²) in [7, 11) is 1.59. The van der Waals surface area contributed by atoms with E-state index in [4.69, 9.17) is 4.74 Å². The Morgan fingerprint density at radius 2 is 2.12 bits per heavy atom. The first-order chi connectivity index (χ1) is 12.4. The zero-order valence-corrected chi connectivity index (χ0v) is 14.4. The fourth-order valence-corrected chi connectivity index (χ4v) is 3.39. The number of rotatable bonds is 5. The van der Waals surface area contributed by atoms with Crippen molar-refractivity contribution in [3.8, 4) is 5.75 Å². The Bertz CT molecular complexity index is 852. The summed E-state index contributed by atoms with van der Waals surface area (Å²) in [6.45, 7) is -0.0167. The van der Waals surface area contributed by atoms with Crippen LogP contribution in [0.15, 0.2) is 42.5 Å². The molecule has 1 amide bonds. The predicted molar refractivity (Wildman–Crippen MR) is 95.3 cm³/mol. The number of aryl methyl sites for hydroxylation is 1. The maximum Gasteiger partial charge on any atom is 0.282 e. The van der Waals surface area contributed by atoms with Crippen LogP contribution >= 0.6 is 0 Å². The van der Waals surface area contributed by atoms with Crippen LogP contribution in [0.5, 0.6) is 5.75 Å². The zero-order chi connectivity index (χ0) is 18.7. The molecule has 0 aromatic heterocycles. The molecule has 0 heterocycles. The molecular formula is C19H20N2O5. The first-order valence-corrected chi connectivity index (χ1v) is 8.36. The normalized spacial score (nSPS) is 18.7. The molecule has 3 rings (SSSR count). The molecule has 0 radical (unpaired) electrons. The summed E-state index contributed by atoms with van der Waals surface area (Å²) < 4.78 is 5.22. The van der Waals surface area contributed by atoms with E-state index >= 15 is 0 Å². The van der Waals surface area contributed by atoms with E-state index in [-0.39, 0.29) is 17.8 Å². The Morgan fingerprint density at radius 1 is 1.35 bits per heavy atom. The van der Waals surface area contributed by atoms with E-state index in [2.05, 4.69) is 5.32 Å². The number of nitro groups is 1. The van der Waals surface area contributed by atoms with Gasteiger partial charge < -0.3 is 15.2 Å². The monoisotopic (exact) mass is 356 g/mol. The highest BCUT2D eigenvalue weighted by Crippen LogP contribution is 2.36. The highest BCUT2D eigenvalue weighted by Gasteiger charge is 2.35. The molecule has 2 aromatic rings. The van der Waals surface area contributed by atoms with Crippen LogP contribution in [0.3, 0.4) is 0 Å². The minimum atomic E-state index is -1.21. The summed E-state index contributed by atoms with van der Waals surface area (Å²) in [5.74, 6) is 0.142. The molecule has 1 unspecified atom stereocenters. The number of hydrogen-bond donors (Lipinski definition) is 2. The number of para-hydroxylation sites is 1. The lowest BCUT2D eigenvalue weighted by Crippen LogP contribution is -2.43. The molecule has 7 nitrogen and oxygen atoms in total. The van der Waals surface area contributed by atoms with Gasteiger partial charge in [-0.25, -0.2) is 0 Å². The molecule has 0 saturated carbocycles. The molecule has 0 spiro atoms. The molecule has 136 valence electrons. The number of nitrogens with zero attached hydrogens (tertiary/aromatic N) is 1.